The van der Waals surface area contributed by atoms with E-state index in [4.69, 9.17) is 17.3 Å². The second-order valence-electron chi connectivity index (χ2n) is 6.23. The summed E-state index contributed by atoms with van der Waals surface area (Å²) in [7, 11) is 0. The SMILES string of the molecule is N[C@@H]1CCC[C@H]1CC(=O)Nc1ccnn1Cc1ccc(Cl)c(F)c1. The van der Waals surface area contributed by atoms with Gasteiger partial charge < -0.3 is 11.1 Å². The third-order valence-electron chi connectivity index (χ3n) is 4.47. The fraction of sp³-hybridized carbons (Fsp3) is 0.412. The molecule has 0 saturated heterocycles. The molecule has 0 radical (unpaired) electrons. The number of aromatic nitrogens is 2. The van der Waals surface area contributed by atoms with Gasteiger partial charge in [-0.05, 0) is 36.5 Å². The summed E-state index contributed by atoms with van der Waals surface area (Å²) in [6.45, 7) is 0.347. The lowest BCUT2D eigenvalue weighted by Crippen LogP contribution is -2.28. The molecule has 1 aromatic carbocycles. The molecule has 1 aliphatic rings. The number of rotatable bonds is 5. The molecule has 1 amide bonds. The summed E-state index contributed by atoms with van der Waals surface area (Å²) in [5.74, 6) is 0.289. The van der Waals surface area contributed by atoms with Gasteiger partial charge in [0.05, 0.1) is 17.8 Å². The normalized spacial score (nSPS) is 20.3. The number of nitrogens with one attached hydrogen (secondary N) is 1. The summed E-state index contributed by atoms with van der Waals surface area (Å²) in [5, 5.41) is 7.14. The molecule has 0 unspecified atom stereocenters. The highest BCUT2D eigenvalue weighted by Gasteiger charge is 2.26. The van der Waals surface area contributed by atoms with Gasteiger partial charge in [0.2, 0.25) is 5.91 Å². The molecule has 3 rings (SSSR count). The van der Waals surface area contributed by atoms with Gasteiger partial charge in [-0.1, -0.05) is 24.1 Å². The summed E-state index contributed by atoms with van der Waals surface area (Å²) >= 11 is 5.69. The zero-order valence-electron chi connectivity index (χ0n) is 13.2. The maximum atomic E-state index is 13.5. The number of nitrogens with two attached hydrogens (primary N) is 1. The first kappa shape index (κ1) is 16.9. The molecule has 1 aromatic heterocycles. The molecule has 2 aromatic rings. The van der Waals surface area contributed by atoms with Gasteiger partial charge in [-0.25, -0.2) is 9.07 Å². The minimum absolute atomic E-state index is 0.0682. The number of carbonyl (C=O) groups is 1. The van der Waals surface area contributed by atoms with Crippen molar-refractivity contribution in [3.63, 3.8) is 0 Å². The third kappa shape index (κ3) is 3.94. The first-order valence-corrected chi connectivity index (χ1v) is 8.42. The molecule has 5 nitrogen and oxygen atoms in total. The van der Waals surface area contributed by atoms with E-state index in [1.54, 1.807) is 23.0 Å². The largest absolute Gasteiger partial charge is 0.327 e. The van der Waals surface area contributed by atoms with E-state index >= 15 is 0 Å². The molecule has 128 valence electrons. The monoisotopic (exact) mass is 350 g/mol. The summed E-state index contributed by atoms with van der Waals surface area (Å²) in [4.78, 5) is 12.2. The van der Waals surface area contributed by atoms with E-state index in [1.165, 1.54) is 12.1 Å². The minimum atomic E-state index is -0.470. The molecule has 2 atom stereocenters. The van der Waals surface area contributed by atoms with Crippen LogP contribution in [0.2, 0.25) is 5.02 Å². The molecule has 1 fully saturated rings. The first-order valence-electron chi connectivity index (χ1n) is 8.04. The Kier molecular flexibility index (Phi) is 5.16. The summed E-state index contributed by atoms with van der Waals surface area (Å²) in [6, 6.07) is 6.44. The van der Waals surface area contributed by atoms with Crippen LogP contribution in [0.25, 0.3) is 0 Å². The number of halogens is 2. The average molecular weight is 351 g/mol. The van der Waals surface area contributed by atoms with Crippen LogP contribution in [0.3, 0.4) is 0 Å². The molecule has 1 saturated carbocycles. The molecule has 0 bridgehead atoms. The van der Waals surface area contributed by atoms with Crippen LogP contribution < -0.4 is 11.1 Å². The Morgan fingerprint density at radius 2 is 2.25 bits per heavy atom. The van der Waals surface area contributed by atoms with Crippen LogP contribution in [0.15, 0.2) is 30.5 Å². The zero-order valence-corrected chi connectivity index (χ0v) is 14.0. The van der Waals surface area contributed by atoms with E-state index in [-0.39, 0.29) is 22.9 Å². The van der Waals surface area contributed by atoms with Gasteiger partial charge in [0.15, 0.2) is 0 Å². The van der Waals surface area contributed by atoms with Crippen LogP contribution in [0.1, 0.15) is 31.2 Å². The van der Waals surface area contributed by atoms with Crippen molar-refractivity contribution in [3.05, 3.63) is 46.9 Å². The Morgan fingerprint density at radius 1 is 1.42 bits per heavy atom. The Hall–Kier alpha value is -1.92. The number of carbonyl (C=O) groups excluding carboxylic acids is 1. The standard InChI is InChI=1S/C17H20ClFN4O/c18-13-5-4-11(8-14(13)19)10-23-16(6-7-21-23)22-17(24)9-12-2-1-3-15(12)20/h4-8,12,15H,1-3,9-10,20H2,(H,22,24)/t12-,15+/m0/s1. The summed E-state index contributed by atoms with van der Waals surface area (Å²) < 4.78 is 15.2. The minimum Gasteiger partial charge on any atom is -0.327 e. The second kappa shape index (κ2) is 7.32. The smallest absolute Gasteiger partial charge is 0.225 e. The van der Waals surface area contributed by atoms with Gasteiger partial charge in [-0.15, -0.1) is 0 Å². The molecule has 3 N–H and O–H groups in total. The molecular formula is C17H20ClFN4O. The van der Waals surface area contributed by atoms with Crippen molar-refractivity contribution >= 4 is 23.3 Å². The number of anilines is 1. The van der Waals surface area contributed by atoms with Gasteiger partial charge in [-0.3, -0.25) is 4.79 Å². The van der Waals surface area contributed by atoms with Crippen LogP contribution in [0.4, 0.5) is 10.2 Å². The Labute approximate surface area is 145 Å². The van der Waals surface area contributed by atoms with Crippen molar-refractivity contribution in [3.8, 4) is 0 Å². The average Bonchev–Trinajstić information content (AvgIpc) is 3.13. The molecule has 24 heavy (non-hydrogen) atoms. The molecule has 1 aliphatic carbocycles. The molecular weight excluding hydrogens is 331 g/mol. The lowest BCUT2D eigenvalue weighted by atomic mass is 10.00. The predicted molar refractivity (Wildman–Crippen MR) is 91.3 cm³/mol. The highest BCUT2D eigenvalue weighted by Crippen LogP contribution is 2.27. The van der Waals surface area contributed by atoms with E-state index in [9.17, 15) is 9.18 Å². The van der Waals surface area contributed by atoms with Crippen molar-refractivity contribution in [2.75, 3.05) is 5.32 Å². The molecule has 1 heterocycles. The Morgan fingerprint density at radius 3 is 2.96 bits per heavy atom. The van der Waals surface area contributed by atoms with Gasteiger partial charge in [0.25, 0.3) is 0 Å². The summed E-state index contributed by atoms with van der Waals surface area (Å²) in [5.41, 5.74) is 6.73. The van der Waals surface area contributed by atoms with Gasteiger partial charge in [0, 0.05) is 18.5 Å². The van der Waals surface area contributed by atoms with E-state index < -0.39 is 5.82 Å². The third-order valence-corrected chi connectivity index (χ3v) is 4.77. The Balaban J connectivity index is 1.64. The molecule has 7 heteroatoms. The van der Waals surface area contributed by atoms with E-state index in [2.05, 4.69) is 10.4 Å². The van der Waals surface area contributed by atoms with E-state index in [0.717, 1.165) is 19.3 Å². The maximum Gasteiger partial charge on any atom is 0.225 e. The maximum absolute atomic E-state index is 13.5. The fourth-order valence-electron chi connectivity index (χ4n) is 3.13. The van der Waals surface area contributed by atoms with Crippen LogP contribution in [-0.2, 0) is 11.3 Å². The summed E-state index contributed by atoms with van der Waals surface area (Å²) in [6.07, 6.45) is 5.08. The Bertz CT molecular complexity index is 733. The zero-order chi connectivity index (χ0) is 17.1. The van der Waals surface area contributed by atoms with Crippen molar-refractivity contribution in [2.45, 2.75) is 38.3 Å². The number of benzene rings is 1. The molecule has 0 aliphatic heterocycles. The highest BCUT2D eigenvalue weighted by molar-refractivity contribution is 6.30. The topological polar surface area (TPSA) is 72.9 Å². The lowest BCUT2D eigenvalue weighted by Gasteiger charge is -2.15. The van der Waals surface area contributed by atoms with E-state index in [0.29, 0.717) is 24.3 Å². The van der Waals surface area contributed by atoms with Crippen LogP contribution in [-0.4, -0.2) is 21.7 Å². The van der Waals surface area contributed by atoms with Crippen LogP contribution >= 0.6 is 11.6 Å². The number of amides is 1. The molecule has 0 spiro atoms. The lowest BCUT2D eigenvalue weighted by molar-refractivity contribution is -0.117. The van der Waals surface area contributed by atoms with Crippen molar-refractivity contribution in [1.29, 1.82) is 0 Å². The number of nitrogens with zero attached hydrogens (tertiary/aromatic N) is 2. The quantitative estimate of drug-likeness (QED) is 0.869. The van der Waals surface area contributed by atoms with Gasteiger partial charge in [-0.2, -0.15) is 5.10 Å². The van der Waals surface area contributed by atoms with Crippen molar-refractivity contribution < 1.29 is 9.18 Å². The second-order valence-corrected chi connectivity index (χ2v) is 6.64. The van der Waals surface area contributed by atoms with Crippen molar-refractivity contribution in [2.24, 2.45) is 11.7 Å². The van der Waals surface area contributed by atoms with Gasteiger partial charge >= 0.3 is 0 Å². The van der Waals surface area contributed by atoms with Crippen molar-refractivity contribution in [1.82, 2.24) is 9.78 Å². The number of hydrogen-bond acceptors (Lipinski definition) is 3. The van der Waals surface area contributed by atoms with Gasteiger partial charge in [0.1, 0.15) is 11.6 Å². The number of hydrogen-bond donors (Lipinski definition) is 2. The first-order chi connectivity index (χ1) is 11.5. The highest BCUT2D eigenvalue weighted by atomic mass is 35.5. The van der Waals surface area contributed by atoms with Crippen LogP contribution in [0, 0.1) is 11.7 Å². The predicted octanol–water partition coefficient (Wildman–Crippen LogP) is 3.18. The van der Waals surface area contributed by atoms with E-state index in [1.807, 2.05) is 0 Å². The van der Waals surface area contributed by atoms with Crippen LogP contribution in [0.5, 0.6) is 0 Å². The fourth-order valence-corrected chi connectivity index (χ4v) is 3.24.